The minimum Gasteiger partial charge on any atom is -0.352 e. The number of nitrogens with one attached hydrogen (secondary N) is 1. The van der Waals surface area contributed by atoms with Crippen molar-refractivity contribution in [1.29, 1.82) is 0 Å². The molecule has 2 heterocycles. The lowest BCUT2D eigenvalue weighted by Crippen LogP contribution is -2.49. The molecule has 146 valence electrons. The SMILES string of the molecule is CC1CC(C(=O)N2CCC3(CC2)OC(C(=O)NC(C)C)c2ccccc23)C1. The minimum absolute atomic E-state index is 0.0729. The van der Waals surface area contributed by atoms with E-state index in [1.54, 1.807) is 0 Å². The summed E-state index contributed by atoms with van der Waals surface area (Å²) in [6, 6.07) is 8.15. The number of piperidine rings is 1. The molecule has 2 fully saturated rings. The second-order valence-electron chi connectivity index (χ2n) is 8.84. The lowest BCUT2D eigenvalue weighted by atomic mass is 9.75. The van der Waals surface area contributed by atoms with Gasteiger partial charge in [-0.05, 0) is 56.6 Å². The van der Waals surface area contributed by atoms with Crippen LogP contribution in [0.25, 0.3) is 0 Å². The first kappa shape index (κ1) is 18.5. The molecule has 3 aliphatic rings. The van der Waals surface area contributed by atoms with E-state index in [-0.39, 0.29) is 17.9 Å². The maximum Gasteiger partial charge on any atom is 0.254 e. The zero-order valence-corrected chi connectivity index (χ0v) is 16.5. The fourth-order valence-electron chi connectivity index (χ4n) is 4.89. The van der Waals surface area contributed by atoms with Crippen molar-refractivity contribution >= 4 is 11.8 Å². The van der Waals surface area contributed by atoms with Gasteiger partial charge in [0.1, 0.15) is 0 Å². The highest BCUT2D eigenvalue weighted by Gasteiger charge is 2.49. The number of carbonyl (C=O) groups excluding carboxylic acids is 2. The Bertz CT molecular complexity index is 731. The Kier molecular flexibility index (Phi) is 4.75. The fourth-order valence-corrected chi connectivity index (χ4v) is 4.89. The van der Waals surface area contributed by atoms with E-state index in [4.69, 9.17) is 4.74 Å². The van der Waals surface area contributed by atoms with E-state index in [0.717, 1.165) is 36.8 Å². The molecular formula is C22H30N2O3. The number of amides is 2. The van der Waals surface area contributed by atoms with Crippen molar-refractivity contribution in [2.75, 3.05) is 13.1 Å². The first-order valence-electron chi connectivity index (χ1n) is 10.3. The van der Waals surface area contributed by atoms with E-state index < -0.39 is 11.7 Å². The third-order valence-corrected chi connectivity index (χ3v) is 6.35. The first-order valence-corrected chi connectivity index (χ1v) is 10.3. The molecule has 2 amide bonds. The van der Waals surface area contributed by atoms with Crippen LogP contribution in [0.5, 0.6) is 0 Å². The highest BCUT2D eigenvalue weighted by molar-refractivity contribution is 5.84. The summed E-state index contributed by atoms with van der Waals surface area (Å²) in [5, 5.41) is 2.98. The number of hydrogen-bond acceptors (Lipinski definition) is 3. The van der Waals surface area contributed by atoms with Crippen LogP contribution in [0, 0.1) is 11.8 Å². The van der Waals surface area contributed by atoms with Crippen LogP contribution in [0.2, 0.25) is 0 Å². The van der Waals surface area contributed by atoms with Gasteiger partial charge in [-0.3, -0.25) is 9.59 Å². The highest BCUT2D eigenvalue weighted by atomic mass is 16.5. The Labute approximate surface area is 161 Å². The Morgan fingerprint density at radius 3 is 2.48 bits per heavy atom. The number of rotatable bonds is 3. The predicted molar refractivity (Wildman–Crippen MR) is 103 cm³/mol. The molecule has 1 saturated heterocycles. The van der Waals surface area contributed by atoms with Gasteiger partial charge < -0.3 is 15.0 Å². The van der Waals surface area contributed by atoms with Crippen LogP contribution in [0.4, 0.5) is 0 Å². The molecule has 1 unspecified atom stereocenters. The third kappa shape index (κ3) is 3.27. The molecule has 5 heteroatoms. The third-order valence-electron chi connectivity index (χ3n) is 6.35. The molecule has 1 N–H and O–H groups in total. The smallest absolute Gasteiger partial charge is 0.254 e. The molecule has 0 radical (unpaired) electrons. The number of benzene rings is 1. The number of likely N-dealkylation sites (tertiary alicyclic amines) is 1. The Hall–Kier alpha value is -1.88. The largest absolute Gasteiger partial charge is 0.352 e. The van der Waals surface area contributed by atoms with Gasteiger partial charge in [-0.2, -0.15) is 0 Å². The molecule has 1 aromatic rings. The molecule has 1 saturated carbocycles. The molecular weight excluding hydrogens is 340 g/mol. The molecule has 0 bridgehead atoms. The summed E-state index contributed by atoms with van der Waals surface area (Å²) in [4.78, 5) is 27.4. The van der Waals surface area contributed by atoms with Gasteiger partial charge in [0, 0.05) is 25.0 Å². The van der Waals surface area contributed by atoms with Gasteiger partial charge in [0.25, 0.3) is 5.91 Å². The standard InChI is InChI=1S/C22H30N2O3/c1-14(2)23-20(25)19-17-6-4-5-7-18(17)22(27-19)8-10-24(11-9-22)21(26)16-12-15(3)13-16/h4-7,14-16,19H,8-13H2,1-3H3,(H,23,25). The van der Waals surface area contributed by atoms with Crippen molar-refractivity contribution in [2.24, 2.45) is 11.8 Å². The van der Waals surface area contributed by atoms with Gasteiger partial charge in [-0.25, -0.2) is 0 Å². The summed E-state index contributed by atoms with van der Waals surface area (Å²) < 4.78 is 6.42. The van der Waals surface area contributed by atoms with E-state index in [1.165, 1.54) is 0 Å². The molecule has 5 nitrogen and oxygen atoms in total. The highest BCUT2D eigenvalue weighted by Crippen LogP contribution is 2.49. The lowest BCUT2D eigenvalue weighted by Gasteiger charge is -2.42. The van der Waals surface area contributed by atoms with Crippen LogP contribution in [0.3, 0.4) is 0 Å². The average Bonchev–Trinajstić information content (AvgIpc) is 2.93. The van der Waals surface area contributed by atoms with Crippen LogP contribution in [-0.2, 0) is 19.9 Å². The van der Waals surface area contributed by atoms with Crippen LogP contribution in [-0.4, -0.2) is 35.8 Å². The topological polar surface area (TPSA) is 58.6 Å². The lowest BCUT2D eigenvalue weighted by molar-refractivity contribution is -0.158. The van der Waals surface area contributed by atoms with Crippen molar-refractivity contribution in [2.45, 2.75) is 64.2 Å². The summed E-state index contributed by atoms with van der Waals surface area (Å²) >= 11 is 0. The van der Waals surface area contributed by atoms with Gasteiger partial charge in [0.05, 0.1) is 5.60 Å². The molecule has 1 atom stereocenters. The van der Waals surface area contributed by atoms with E-state index >= 15 is 0 Å². The number of carbonyl (C=O) groups is 2. The van der Waals surface area contributed by atoms with Crippen LogP contribution in [0.1, 0.15) is 63.7 Å². The number of nitrogens with zero attached hydrogens (tertiary/aromatic N) is 1. The van der Waals surface area contributed by atoms with Gasteiger partial charge in [-0.1, -0.05) is 31.2 Å². The summed E-state index contributed by atoms with van der Waals surface area (Å²) in [5.41, 5.74) is 1.65. The Morgan fingerprint density at radius 2 is 1.85 bits per heavy atom. The summed E-state index contributed by atoms with van der Waals surface area (Å²) in [7, 11) is 0. The van der Waals surface area contributed by atoms with Gasteiger partial charge in [0.2, 0.25) is 5.91 Å². The Morgan fingerprint density at radius 1 is 1.19 bits per heavy atom. The van der Waals surface area contributed by atoms with Gasteiger partial charge in [0.15, 0.2) is 6.10 Å². The van der Waals surface area contributed by atoms with Gasteiger partial charge >= 0.3 is 0 Å². The maximum absolute atomic E-state index is 12.7. The van der Waals surface area contributed by atoms with Crippen molar-refractivity contribution in [3.05, 3.63) is 35.4 Å². The zero-order chi connectivity index (χ0) is 19.2. The number of hydrogen-bond donors (Lipinski definition) is 1. The van der Waals surface area contributed by atoms with Crippen molar-refractivity contribution in [1.82, 2.24) is 10.2 Å². The molecule has 4 rings (SSSR count). The second kappa shape index (κ2) is 6.93. The van der Waals surface area contributed by atoms with E-state index in [1.807, 2.05) is 36.9 Å². The van der Waals surface area contributed by atoms with Crippen molar-refractivity contribution in [3.8, 4) is 0 Å². The first-order chi connectivity index (χ1) is 12.9. The molecule has 1 aromatic carbocycles. The van der Waals surface area contributed by atoms with Gasteiger partial charge in [-0.15, -0.1) is 0 Å². The van der Waals surface area contributed by atoms with E-state index in [0.29, 0.717) is 24.9 Å². The fraction of sp³-hybridized carbons (Fsp3) is 0.636. The predicted octanol–water partition coefficient (Wildman–Crippen LogP) is 3.15. The summed E-state index contributed by atoms with van der Waals surface area (Å²) in [6.45, 7) is 7.54. The normalized spacial score (nSPS) is 28.7. The monoisotopic (exact) mass is 370 g/mol. The molecule has 1 aliphatic carbocycles. The molecule has 0 aromatic heterocycles. The van der Waals surface area contributed by atoms with Crippen molar-refractivity contribution < 1.29 is 14.3 Å². The summed E-state index contributed by atoms with van der Waals surface area (Å²) in [6.07, 6.45) is 3.00. The molecule has 27 heavy (non-hydrogen) atoms. The van der Waals surface area contributed by atoms with Crippen molar-refractivity contribution in [3.63, 3.8) is 0 Å². The quantitative estimate of drug-likeness (QED) is 0.889. The van der Waals surface area contributed by atoms with Crippen LogP contribution >= 0.6 is 0 Å². The number of ether oxygens (including phenoxy) is 1. The zero-order valence-electron chi connectivity index (χ0n) is 16.5. The molecule has 1 spiro atoms. The Balaban J connectivity index is 1.49. The average molecular weight is 370 g/mol. The van der Waals surface area contributed by atoms with E-state index in [2.05, 4.69) is 18.3 Å². The second-order valence-corrected chi connectivity index (χ2v) is 8.84. The minimum atomic E-state index is -0.557. The number of fused-ring (bicyclic) bond motifs is 2. The van der Waals surface area contributed by atoms with Crippen LogP contribution < -0.4 is 5.32 Å². The molecule has 2 aliphatic heterocycles. The van der Waals surface area contributed by atoms with E-state index in [9.17, 15) is 9.59 Å². The summed E-state index contributed by atoms with van der Waals surface area (Å²) in [5.74, 6) is 1.13. The maximum atomic E-state index is 12.7. The van der Waals surface area contributed by atoms with Crippen LogP contribution in [0.15, 0.2) is 24.3 Å².